The molecule has 0 bridgehead atoms. The van der Waals surface area contributed by atoms with E-state index in [1.807, 2.05) is 31.2 Å². The van der Waals surface area contributed by atoms with E-state index in [-0.39, 0.29) is 22.8 Å². The number of amides is 1. The Morgan fingerprint density at radius 1 is 1.32 bits per heavy atom. The van der Waals surface area contributed by atoms with Gasteiger partial charge >= 0.3 is 0 Å². The molecular weight excluding hydrogens is 370 g/mol. The van der Waals surface area contributed by atoms with Crippen LogP contribution in [0.4, 0.5) is 0 Å². The van der Waals surface area contributed by atoms with Crippen molar-refractivity contribution in [1.29, 1.82) is 0 Å². The van der Waals surface area contributed by atoms with Crippen LogP contribution in [0.25, 0.3) is 10.9 Å². The van der Waals surface area contributed by atoms with Crippen molar-refractivity contribution < 1.29 is 4.79 Å². The van der Waals surface area contributed by atoms with Gasteiger partial charge in [0.25, 0.3) is 5.56 Å². The normalized spacial score (nSPS) is 18.0. The number of carbonyl (C=O) groups is 1. The molecule has 28 heavy (non-hydrogen) atoms. The van der Waals surface area contributed by atoms with Gasteiger partial charge in [-0.25, -0.2) is 4.98 Å². The summed E-state index contributed by atoms with van der Waals surface area (Å²) in [4.78, 5) is 30.2. The predicted octanol–water partition coefficient (Wildman–Crippen LogP) is 4.22. The van der Waals surface area contributed by atoms with Crippen LogP contribution >= 0.6 is 11.8 Å². The summed E-state index contributed by atoms with van der Waals surface area (Å²) in [5, 5.41) is 4.06. The van der Waals surface area contributed by atoms with E-state index in [9.17, 15) is 9.59 Å². The predicted molar refractivity (Wildman–Crippen MR) is 114 cm³/mol. The first-order valence-electron chi connectivity index (χ1n) is 10.3. The maximum atomic E-state index is 12.9. The van der Waals surface area contributed by atoms with Crippen LogP contribution in [-0.4, -0.2) is 27.3 Å². The molecule has 4 rings (SSSR count). The Balaban J connectivity index is 1.44. The third kappa shape index (κ3) is 4.32. The summed E-state index contributed by atoms with van der Waals surface area (Å²) in [6.07, 6.45) is 10.1. The van der Waals surface area contributed by atoms with E-state index in [1.54, 1.807) is 4.57 Å². The van der Waals surface area contributed by atoms with E-state index in [1.165, 1.54) is 36.6 Å². The molecule has 0 radical (unpaired) electrons. The maximum Gasteiger partial charge on any atom is 0.262 e. The number of hydrogen-bond donors (Lipinski definition) is 1. The Bertz CT molecular complexity index is 962. The monoisotopic (exact) mass is 397 g/mol. The van der Waals surface area contributed by atoms with Crippen LogP contribution in [0.1, 0.15) is 57.9 Å². The Hall–Kier alpha value is -2.08. The molecule has 1 N–H and O–H groups in total. The summed E-state index contributed by atoms with van der Waals surface area (Å²) in [5.74, 6) is 0.00571. The Kier molecular flexibility index (Phi) is 5.85. The lowest BCUT2D eigenvalue weighted by molar-refractivity contribution is -0.120. The standard InChI is InChI=1S/C22H27N3O2S/c1-15(20(26)23-14-13-16-7-3-2-4-8-16)28-22-24-19-10-6-5-9-18(19)21(27)25(22)17-11-12-17/h5-7,9-10,15,17H,2-4,8,11-14H2,1H3,(H,23,26). The largest absolute Gasteiger partial charge is 0.355 e. The number of thioether (sulfide) groups is 1. The van der Waals surface area contributed by atoms with Crippen molar-refractivity contribution in [2.75, 3.05) is 6.54 Å². The number of benzene rings is 1. The number of rotatable bonds is 7. The van der Waals surface area contributed by atoms with Crippen LogP contribution in [0, 0.1) is 0 Å². The Labute approximate surface area is 169 Å². The molecule has 1 aromatic heterocycles. The molecule has 2 aliphatic rings. The highest BCUT2D eigenvalue weighted by atomic mass is 32.2. The van der Waals surface area contributed by atoms with Gasteiger partial charge in [-0.1, -0.05) is 35.5 Å². The number of aromatic nitrogens is 2. The second-order valence-electron chi connectivity index (χ2n) is 7.73. The lowest BCUT2D eigenvalue weighted by Crippen LogP contribution is -2.33. The zero-order valence-corrected chi connectivity index (χ0v) is 17.1. The van der Waals surface area contributed by atoms with Crippen LogP contribution in [-0.2, 0) is 4.79 Å². The lowest BCUT2D eigenvalue weighted by atomic mass is 9.97. The zero-order valence-electron chi connectivity index (χ0n) is 16.3. The number of hydrogen-bond acceptors (Lipinski definition) is 4. The quantitative estimate of drug-likeness (QED) is 0.432. The van der Waals surface area contributed by atoms with Gasteiger partial charge in [0.1, 0.15) is 0 Å². The smallest absolute Gasteiger partial charge is 0.262 e. The van der Waals surface area contributed by atoms with Crippen molar-refractivity contribution in [1.82, 2.24) is 14.9 Å². The average Bonchev–Trinajstić information content (AvgIpc) is 3.54. The van der Waals surface area contributed by atoms with Gasteiger partial charge in [-0.3, -0.25) is 14.2 Å². The third-order valence-corrected chi connectivity index (χ3v) is 6.54. The molecule has 6 heteroatoms. The van der Waals surface area contributed by atoms with Gasteiger partial charge in [0.15, 0.2) is 5.16 Å². The molecule has 5 nitrogen and oxygen atoms in total. The molecule has 1 aromatic carbocycles. The molecule has 1 atom stereocenters. The SMILES string of the molecule is CC(Sc1nc2ccccc2c(=O)n1C1CC1)C(=O)NCCC1=CCCCC1. The van der Waals surface area contributed by atoms with E-state index >= 15 is 0 Å². The van der Waals surface area contributed by atoms with E-state index < -0.39 is 0 Å². The lowest BCUT2D eigenvalue weighted by Gasteiger charge is -2.17. The van der Waals surface area contributed by atoms with Gasteiger partial charge in [-0.05, 0) is 64.0 Å². The molecule has 1 fully saturated rings. The second kappa shape index (κ2) is 8.52. The molecule has 1 heterocycles. The maximum absolute atomic E-state index is 12.9. The van der Waals surface area contributed by atoms with Crippen LogP contribution < -0.4 is 10.9 Å². The average molecular weight is 398 g/mol. The fraction of sp³-hybridized carbons (Fsp3) is 0.500. The van der Waals surface area contributed by atoms with Gasteiger partial charge in [-0.2, -0.15) is 0 Å². The summed E-state index contributed by atoms with van der Waals surface area (Å²) in [5.41, 5.74) is 2.17. The molecule has 0 spiro atoms. The van der Waals surface area contributed by atoms with Crippen LogP contribution in [0.2, 0.25) is 0 Å². The van der Waals surface area contributed by atoms with Gasteiger partial charge < -0.3 is 5.32 Å². The summed E-state index contributed by atoms with van der Waals surface area (Å²) >= 11 is 1.39. The van der Waals surface area contributed by atoms with Crippen LogP contribution in [0.15, 0.2) is 45.9 Å². The number of carbonyl (C=O) groups excluding carboxylic acids is 1. The number of nitrogens with one attached hydrogen (secondary N) is 1. The highest BCUT2D eigenvalue weighted by Gasteiger charge is 2.30. The summed E-state index contributed by atoms with van der Waals surface area (Å²) in [7, 11) is 0. The molecule has 0 saturated heterocycles. The molecule has 2 aliphatic carbocycles. The van der Waals surface area contributed by atoms with Crippen LogP contribution in [0.3, 0.4) is 0 Å². The summed E-state index contributed by atoms with van der Waals surface area (Å²) in [6.45, 7) is 2.56. The third-order valence-electron chi connectivity index (χ3n) is 5.47. The van der Waals surface area contributed by atoms with E-state index in [0.717, 1.165) is 25.7 Å². The van der Waals surface area contributed by atoms with Gasteiger partial charge in [0.2, 0.25) is 5.91 Å². The van der Waals surface area contributed by atoms with Crippen molar-refractivity contribution in [3.05, 3.63) is 46.3 Å². The van der Waals surface area contributed by atoms with Gasteiger partial charge in [-0.15, -0.1) is 0 Å². The van der Waals surface area contributed by atoms with E-state index in [4.69, 9.17) is 4.98 Å². The van der Waals surface area contributed by atoms with Crippen molar-refractivity contribution >= 4 is 28.6 Å². The topological polar surface area (TPSA) is 64.0 Å². The summed E-state index contributed by atoms with van der Waals surface area (Å²) in [6, 6.07) is 7.67. The number of fused-ring (bicyclic) bond motifs is 1. The fourth-order valence-corrected chi connectivity index (χ4v) is 4.70. The molecule has 2 aromatic rings. The Morgan fingerprint density at radius 2 is 2.14 bits per heavy atom. The minimum atomic E-state index is -0.293. The molecule has 148 valence electrons. The minimum Gasteiger partial charge on any atom is -0.355 e. The molecule has 1 saturated carbocycles. The van der Waals surface area contributed by atoms with E-state index in [2.05, 4.69) is 11.4 Å². The van der Waals surface area contributed by atoms with Crippen molar-refractivity contribution in [3.8, 4) is 0 Å². The van der Waals surface area contributed by atoms with Crippen molar-refractivity contribution in [3.63, 3.8) is 0 Å². The van der Waals surface area contributed by atoms with E-state index in [0.29, 0.717) is 22.6 Å². The molecular formula is C22H27N3O2S. The zero-order chi connectivity index (χ0) is 19.5. The second-order valence-corrected chi connectivity index (χ2v) is 9.04. The molecule has 0 aliphatic heterocycles. The summed E-state index contributed by atoms with van der Waals surface area (Å²) < 4.78 is 1.80. The molecule has 1 amide bonds. The van der Waals surface area contributed by atoms with Gasteiger partial charge in [0, 0.05) is 12.6 Å². The highest BCUT2D eigenvalue weighted by molar-refractivity contribution is 8.00. The van der Waals surface area contributed by atoms with Crippen molar-refractivity contribution in [2.24, 2.45) is 0 Å². The highest BCUT2D eigenvalue weighted by Crippen LogP contribution is 2.37. The first-order valence-corrected chi connectivity index (χ1v) is 11.1. The Morgan fingerprint density at radius 3 is 2.89 bits per heavy atom. The molecule has 1 unspecified atom stereocenters. The minimum absolute atomic E-state index is 0.00571. The van der Waals surface area contributed by atoms with Gasteiger partial charge in [0.05, 0.1) is 16.2 Å². The first-order chi connectivity index (χ1) is 13.6. The number of allylic oxidation sites excluding steroid dienone is 1. The first kappa shape index (κ1) is 19.2. The number of nitrogens with zero attached hydrogens (tertiary/aromatic N) is 2. The fourth-order valence-electron chi connectivity index (χ4n) is 3.70. The number of para-hydroxylation sites is 1. The van der Waals surface area contributed by atoms with Crippen molar-refractivity contribution in [2.45, 2.75) is 68.3 Å². The van der Waals surface area contributed by atoms with Crippen LogP contribution in [0.5, 0.6) is 0 Å².